The van der Waals surface area contributed by atoms with E-state index in [1.54, 1.807) is 11.3 Å². The van der Waals surface area contributed by atoms with Crippen LogP contribution in [0.1, 0.15) is 12.5 Å². The smallest absolute Gasteiger partial charge is 0.0818 e. The molecule has 0 unspecified atom stereocenters. The van der Waals surface area contributed by atoms with Gasteiger partial charge in [-0.05, 0) is 29.5 Å². The van der Waals surface area contributed by atoms with Crippen molar-refractivity contribution in [2.24, 2.45) is 0 Å². The molecule has 0 radical (unpaired) electrons. The quantitative estimate of drug-likeness (QED) is 0.595. The van der Waals surface area contributed by atoms with Crippen molar-refractivity contribution in [2.75, 3.05) is 0 Å². The molecule has 1 aromatic heterocycles. The first-order valence-electron chi connectivity index (χ1n) is 5.13. The molecule has 1 nitrogen and oxygen atoms in total. The van der Waals surface area contributed by atoms with Crippen LogP contribution in [0.15, 0.2) is 35.8 Å². The highest BCUT2D eigenvalue weighted by atomic mass is 32.1. The zero-order chi connectivity index (χ0) is 10.3. The maximum absolute atomic E-state index is 4.34. The molecule has 0 N–H and O–H groups in total. The molecule has 0 fully saturated rings. The first kappa shape index (κ1) is 8.86. The maximum Gasteiger partial charge on any atom is 0.0818 e. The lowest BCUT2D eigenvalue weighted by atomic mass is 10.1. The Morgan fingerprint density at radius 2 is 2.07 bits per heavy atom. The molecule has 0 bridgehead atoms. The molecule has 0 atom stereocenters. The van der Waals surface area contributed by atoms with Crippen LogP contribution in [0.25, 0.3) is 21.0 Å². The summed E-state index contributed by atoms with van der Waals surface area (Å²) in [6.07, 6.45) is 1.09. The van der Waals surface area contributed by atoms with Gasteiger partial charge >= 0.3 is 0 Å². The number of nitrogens with zero attached hydrogens (tertiary/aromatic N) is 1. The van der Waals surface area contributed by atoms with Crippen LogP contribution in [0.4, 0.5) is 0 Å². The summed E-state index contributed by atoms with van der Waals surface area (Å²) in [6, 6.07) is 10.9. The van der Waals surface area contributed by atoms with Crippen LogP contribution in [0.5, 0.6) is 0 Å². The summed E-state index contributed by atoms with van der Waals surface area (Å²) in [5.41, 5.74) is 4.42. The Kier molecular flexibility index (Phi) is 1.96. The first-order chi connectivity index (χ1) is 7.38. The van der Waals surface area contributed by atoms with Crippen molar-refractivity contribution in [1.29, 1.82) is 0 Å². The van der Waals surface area contributed by atoms with Crippen molar-refractivity contribution in [2.45, 2.75) is 13.3 Å². The number of hydrogen-bond acceptors (Lipinski definition) is 2. The van der Waals surface area contributed by atoms with E-state index in [1.807, 2.05) is 5.51 Å². The Bertz CT molecular complexity index is 625. The summed E-state index contributed by atoms with van der Waals surface area (Å²) >= 11 is 1.72. The van der Waals surface area contributed by atoms with Gasteiger partial charge in [-0.15, -0.1) is 11.3 Å². The molecule has 15 heavy (non-hydrogen) atoms. The van der Waals surface area contributed by atoms with Gasteiger partial charge in [0.15, 0.2) is 0 Å². The third-order valence-corrected chi connectivity index (χ3v) is 3.66. The van der Waals surface area contributed by atoms with Gasteiger partial charge in [0.25, 0.3) is 0 Å². The van der Waals surface area contributed by atoms with Gasteiger partial charge in [-0.25, -0.2) is 4.98 Å². The third kappa shape index (κ3) is 1.33. The van der Waals surface area contributed by atoms with Crippen LogP contribution in [-0.4, -0.2) is 4.98 Å². The number of fused-ring (bicyclic) bond motifs is 3. The van der Waals surface area contributed by atoms with Gasteiger partial charge in [0.2, 0.25) is 0 Å². The van der Waals surface area contributed by atoms with Crippen molar-refractivity contribution in [3.8, 4) is 0 Å². The summed E-state index contributed by atoms with van der Waals surface area (Å²) in [7, 11) is 0. The zero-order valence-electron chi connectivity index (χ0n) is 8.53. The van der Waals surface area contributed by atoms with Gasteiger partial charge in [-0.2, -0.15) is 0 Å². The van der Waals surface area contributed by atoms with E-state index in [0.717, 1.165) is 11.9 Å². The van der Waals surface area contributed by atoms with Crippen molar-refractivity contribution in [3.63, 3.8) is 0 Å². The van der Waals surface area contributed by atoms with Gasteiger partial charge in [0.1, 0.15) is 0 Å². The SMILES string of the molecule is CCc1ccc2ccc3ncsc3c2c1. The number of thiazole rings is 1. The van der Waals surface area contributed by atoms with Crippen LogP contribution in [0.3, 0.4) is 0 Å². The van der Waals surface area contributed by atoms with Crippen LogP contribution < -0.4 is 0 Å². The van der Waals surface area contributed by atoms with Crippen LogP contribution in [-0.2, 0) is 6.42 Å². The molecular formula is C13H11NS. The lowest BCUT2D eigenvalue weighted by molar-refractivity contribution is 1.15. The van der Waals surface area contributed by atoms with E-state index >= 15 is 0 Å². The summed E-state index contributed by atoms with van der Waals surface area (Å²) in [5, 5.41) is 2.65. The predicted octanol–water partition coefficient (Wildman–Crippen LogP) is 4.01. The molecule has 3 aromatic rings. The fourth-order valence-electron chi connectivity index (χ4n) is 1.91. The second-order valence-corrected chi connectivity index (χ2v) is 4.53. The minimum atomic E-state index is 1.09. The zero-order valence-corrected chi connectivity index (χ0v) is 9.34. The van der Waals surface area contributed by atoms with E-state index < -0.39 is 0 Å². The Morgan fingerprint density at radius 3 is 2.93 bits per heavy atom. The molecule has 0 amide bonds. The minimum Gasteiger partial charge on any atom is -0.245 e. The average molecular weight is 213 g/mol. The van der Waals surface area contributed by atoms with Gasteiger partial charge in [0, 0.05) is 5.39 Å². The van der Waals surface area contributed by atoms with Crippen molar-refractivity contribution >= 4 is 32.3 Å². The highest BCUT2D eigenvalue weighted by Crippen LogP contribution is 2.28. The number of aryl methyl sites for hydroxylation is 1. The maximum atomic E-state index is 4.34. The highest BCUT2D eigenvalue weighted by molar-refractivity contribution is 7.17. The van der Waals surface area contributed by atoms with E-state index in [4.69, 9.17) is 0 Å². The highest BCUT2D eigenvalue weighted by Gasteiger charge is 2.02. The molecule has 0 aliphatic rings. The second kappa shape index (κ2) is 3.31. The Labute approximate surface area is 92.4 Å². The predicted molar refractivity (Wildman–Crippen MR) is 66.5 cm³/mol. The summed E-state index contributed by atoms with van der Waals surface area (Å²) < 4.78 is 1.31. The molecule has 3 rings (SSSR count). The summed E-state index contributed by atoms with van der Waals surface area (Å²) in [4.78, 5) is 4.34. The van der Waals surface area contributed by atoms with E-state index in [-0.39, 0.29) is 0 Å². The lowest BCUT2D eigenvalue weighted by Gasteiger charge is -2.01. The largest absolute Gasteiger partial charge is 0.245 e. The number of hydrogen-bond donors (Lipinski definition) is 0. The van der Waals surface area contributed by atoms with E-state index in [2.05, 4.69) is 42.2 Å². The fourth-order valence-corrected chi connectivity index (χ4v) is 2.73. The summed E-state index contributed by atoms with van der Waals surface area (Å²) in [6.45, 7) is 2.19. The lowest BCUT2D eigenvalue weighted by Crippen LogP contribution is -1.80. The molecule has 2 aromatic carbocycles. The van der Waals surface area contributed by atoms with Gasteiger partial charge < -0.3 is 0 Å². The number of rotatable bonds is 1. The topological polar surface area (TPSA) is 12.9 Å². The van der Waals surface area contributed by atoms with E-state index in [9.17, 15) is 0 Å². The van der Waals surface area contributed by atoms with Gasteiger partial charge in [-0.3, -0.25) is 0 Å². The van der Waals surface area contributed by atoms with Crippen LogP contribution in [0, 0.1) is 0 Å². The van der Waals surface area contributed by atoms with Crippen molar-refractivity contribution in [3.05, 3.63) is 41.4 Å². The first-order valence-corrected chi connectivity index (χ1v) is 6.01. The minimum absolute atomic E-state index is 1.09. The standard InChI is InChI=1S/C13H11NS/c1-2-9-3-4-10-5-6-12-13(11(10)7-9)15-8-14-12/h3-8H,2H2,1H3. The van der Waals surface area contributed by atoms with Crippen LogP contribution in [0.2, 0.25) is 0 Å². The molecule has 0 saturated heterocycles. The van der Waals surface area contributed by atoms with Gasteiger partial charge in [-0.1, -0.05) is 25.1 Å². The molecule has 0 spiro atoms. The Hall–Kier alpha value is -1.41. The molecule has 74 valence electrons. The fraction of sp³-hybridized carbons (Fsp3) is 0.154. The second-order valence-electron chi connectivity index (χ2n) is 3.68. The average Bonchev–Trinajstić information content (AvgIpc) is 2.76. The normalized spacial score (nSPS) is 11.3. The Balaban J connectivity index is 2.48. The van der Waals surface area contributed by atoms with E-state index in [0.29, 0.717) is 0 Å². The van der Waals surface area contributed by atoms with Crippen molar-refractivity contribution < 1.29 is 0 Å². The third-order valence-electron chi connectivity index (χ3n) is 2.79. The van der Waals surface area contributed by atoms with Crippen LogP contribution >= 0.6 is 11.3 Å². The molecule has 0 aliphatic carbocycles. The molecule has 1 heterocycles. The van der Waals surface area contributed by atoms with Crippen molar-refractivity contribution in [1.82, 2.24) is 4.98 Å². The molecule has 2 heteroatoms. The van der Waals surface area contributed by atoms with E-state index in [1.165, 1.54) is 21.0 Å². The number of aromatic nitrogens is 1. The molecule has 0 aliphatic heterocycles. The molecular weight excluding hydrogens is 202 g/mol. The number of benzene rings is 2. The summed E-state index contributed by atoms with van der Waals surface area (Å²) in [5.74, 6) is 0. The van der Waals surface area contributed by atoms with Gasteiger partial charge in [0.05, 0.1) is 15.7 Å². The molecule has 0 saturated carbocycles. The monoisotopic (exact) mass is 213 g/mol. The Morgan fingerprint density at radius 1 is 1.20 bits per heavy atom.